The van der Waals surface area contributed by atoms with E-state index < -0.39 is 0 Å². The van der Waals surface area contributed by atoms with Gasteiger partial charge in [-0.15, -0.1) is 0 Å². The number of hydrogen-bond acceptors (Lipinski definition) is 4. The van der Waals surface area contributed by atoms with Crippen LogP contribution in [0.2, 0.25) is 0 Å². The third-order valence-corrected chi connectivity index (χ3v) is 0.548. The van der Waals surface area contributed by atoms with Crippen LogP contribution in [0.1, 0.15) is 0 Å². The van der Waals surface area contributed by atoms with Crippen molar-refractivity contribution >= 4 is 42.4 Å². The Bertz CT molecular complexity index is 94.8. The van der Waals surface area contributed by atoms with Gasteiger partial charge in [0.25, 0.3) is 0 Å². The Balaban J connectivity index is -0.0000000300. The first kappa shape index (κ1) is 22.4. The molecular formula is C4H7CuLiN2S2. The first-order valence-corrected chi connectivity index (χ1v) is 4.12. The fourth-order valence-corrected chi connectivity index (χ4v) is 0. The first-order chi connectivity index (χ1) is 3.83. The van der Waals surface area contributed by atoms with Crippen molar-refractivity contribution in [2.75, 3.05) is 12.5 Å². The summed E-state index contributed by atoms with van der Waals surface area (Å²) in [4.78, 5) is 0. The number of thioether (sulfide) groups is 2. The summed E-state index contributed by atoms with van der Waals surface area (Å²) < 4.78 is 0. The number of nitrogens with zero attached hydrogens (tertiary/aromatic N) is 2. The van der Waals surface area contributed by atoms with E-state index in [4.69, 9.17) is 10.5 Å². The van der Waals surface area contributed by atoms with Crippen LogP contribution in [0.3, 0.4) is 0 Å². The molecule has 0 amide bonds. The number of hydrogen-bond donors (Lipinski definition) is 0. The summed E-state index contributed by atoms with van der Waals surface area (Å²) in [6, 6.07) is 0. The molecule has 0 saturated heterocycles. The Morgan fingerprint density at radius 1 is 1.00 bits per heavy atom. The van der Waals surface area contributed by atoms with Gasteiger partial charge in [0.05, 0.1) is 0 Å². The Morgan fingerprint density at radius 3 is 1.10 bits per heavy atom. The van der Waals surface area contributed by atoms with E-state index in [1.54, 1.807) is 12.5 Å². The Labute approximate surface area is 92.8 Å². The summed E-state index contributed by atoms with van der Waals surface area (Å²) in [7, 11) is 0. The maximum atomic E-state index is 7.59. The SMILES string of the molecule is CSC#N.CSC#N.[Cu].[LiH]. The van der Waals surface area contributed by atoms with E-state index in [-0.39, 0.29) is 35.9 Å². The van der Waals surface area contributed by atoms with E-state index in [0.717, 1.165) is 23.5 Å². The first-order valence-electron chi connectivity index (χ1n) is 1.67. The Kier molecular flexibility index (Phi) is 73.9. The summed E-state index contributed by atoms with van der Waals surface area (Å²) in [5, 5.41) is 18.9. The molecular weight excluding hydrogens is 211 g/mol. The molecule has 0 aliphatic carbocycles. The molecule has 0 bridgehead atoms. The van der Waals surface area contributed by atoms with Crippen molar-refractivity contribution in [3.05, 3.63) is 0 Å². The van der Waals surface area contributed by atoms with E-state index >= 15 is 0 Å². The second kappa shape index (κ2) is 32.9. The van der Waals surface area contributed by atoms with Gasteiger partial charge in [-0.25, -0.2) is 0 Å². The van der Waals surface area contributed by atoms with E-state index in [0.29, 0.717) is 0 Å². The van der Waals surface area contributed by atoms with Crippen molar-refractivity contribution in [1.82, 2.24) is 0 Å². The molecule has 0 N–H and O–H groups in total. The van der Waals surface area contributed by atoms with Gasteiger partial charge >= 0.3 is 18.9 Å². The molecule has 0 aromatic rings. The molecule has 0 aliphatic rings. The number of rotatable bonds is 0. The van der Waals surface area contributed by atoms with Gasteiger partial charge in [-0.3, -0.25) is 0 Å². The molecule has 0 unspecified atom stereocenters. The molecule has 0 aliphatic heterocycles. The van der Waals surface area contributed by atoms with Crippen molar-refractivity contribution in [1.29, 1.82) is 10.5 Å². The van der Waals surface area contributed by atoms with Gasteiger partial charge in [0, 0.05) is 17.1 Å². The van der Waals surface area contributed by atoms with Gasteiger partial charge in [-0.05, 0) is 36.0 Å². The van der Waals surface area contributed by atoms with Gasteiger partial charge in [0.15, 0.2) is 0 Å². The second-order valence-corrected chi connectivity index (χ2v) is 1.77. The molecule has 0 aromatic carbocycles. The minimum absolute atomic E-state index is 0. The fraction of sp³-hybridized carbons (Fsp3) is 0.500. The molecule has 0 aromatic heterocycles. The molecule has 57 valence electrons. The van der Waals surface area contributed by atoms with E-state index in [1.165, 1.54) is 0 Å². The van der Waals surface area contributed by atoms with Crippen LogP contribution in [0.15, 0.2) is 0 Å². The quantitative estimate of drug-likeness (QED) is 0.449. The number of nitriles is 2. The molecule has 0 heterocycles. The topological polar surface area (TPSA) is 47.6 Å². The third-order valence-electron chi connectivity index (χ3n) is 0.183. The van der Waals surface area contributed by atoms with Crippen LogP contribution < -0.4 is 0 Å². The molecule has 10 heavy (non-hydrogen) atoms. The molecule has 0 spiro atoms. The zero-order valence-electron chi connectivity index (χ0n) is 5.01. The normalized spacial score (nSPS) is 4.00. The number of thiocyanates is 2. The van der Waals surface area contributed by atoms with Gasteiger partial charge in [-0.2, -0.15) is 10.5 Å². The van der Waals surface area contributed by atoms with Crippen molar-refractivity contribution in [3.63, 3.8) is 0 Å². The Morgan fingerprint density at radius 2 is 1.10 bits per heavy atom. The van der Waals surface area contributed by atoms with Crippen LogP contribution in [-0.4, -0.2) is 31.4 Å². The summed E-state index contributed by atoms with van der Waals surface area (Å²) in [5.74, 6) is 0. The van der Waals surface area contributed by atoms with Crippen molar-refractivity contribution in [2.45, 2.75) is 0 Å². The van der Waals surface area contributed by atoms with E-state index in [2.05, 4.69) is 0 Å². The predicted molar refractivity (Wildman–Crippen MR) is 45.4 cm³/mol. The average molecular weight is 218 g/mol. The molecule has 6 heteroatoms. The summed E-state index contributed by atoms with van der Waals surface area (Å²) in [5.41, 5.74) is 0. The van der Waals surface area contributed by atoms with E-state index in [9.17, 15) is 0 Å². The third kappa shape index (κ3) is 68.4. The molecule has 1 radical (unpaired) electrons. The van der Waals surface area contributed by atoms with Crippen LogP contribution in [0, 0.1) is 21.3 Å². The fourth-order valence-electron chi connectivity index (χ4n) is 0. The predicted octanol–water partition coefficient (Wildman–Crippen LogP) is 1.01. The minimum atomic E-state index is 0. The zero-order chi connectivity index (χ0) is 6.83. The van der Waals surface area contributed by atoms with Crippen LogP contribution in [0.25, 0.3) is 0 Å². The van der Waals surface area contributed by atoms with Crippen molar-refractivity contribution in [3.8, 4) is 10.8 Å². The molecule has 0 saturated carbocycles. The van der Waals surface area contributed by atoms with Crippen molar-refractivity contribution in [2.24, 2.45) is 0 Å². The van der Waals surface area contributed by atoms with Crippen LogP contribution in [-0.2, 0) is 17.1 Å². The summed E-state index contributed by atoms with van der Waals surface area (Å²) in [6.07, 6.45) is 3.47. The standard InChI is InChI=1S/2C2H3NS.Cu.Li.H/c2*1-4-2-3;;;/h2*1H3;;;. The summed E-state index contributed by atoms with van der Waals surface area (Å²) >= 11 is 2.32. The van der Waals surface area contributed by atoms with Gasteiger partial charge < -0.3 is 0 Å². The Hall–Kier alpha value is 0.797. The van der Waals surface area contributed by atoms with Crippen LogP contribution >= 0.6 is 23.5 Å². The van der Waals surface area contributed by atoms with Crippen LogP contribution in [0.5, 0.6) is 0 Å². The second-order valence-electron chi connectivity index (χ2n) is 0.591. The zero-order valence-corrected chi connectivity index (χ0v) is 7.59. The average Bonchev–Trinajstić information content (AvgIpc) is 1.88. The summed E-state index contributed by atoms with van der Waals surface area (Å²) in [6.45, 7) is 0. The van der Waals surface area contributed by atoms with Crippen molar-refractivity contribution < 1.29 is 17.1 Å². The molecule has 0 atom stereocenters. The van der Waals surface area contributed by atoms with Gasteiger partial charge in [0.1, 0.15) is 10.8 Å². The molecule has 0 fully saturated rings. The monoisotopic (exact) mass is 217 g/mol. The van der Waals surface area contributed by atoms with E-state index in [1.807, 2.05) is 10.8 Å². The van der Waals surface area contributed by atoms with Gasteiger partial charge in [0.2, 0.25) is 0 Å². The van der Waals surface area contributed by atoms with Crippen LogP contribution in [0.4, 0.5) is 0 Å². The molecule has 2 nitrogen and oxygen atoms in total. The molecule has 0 rings (SSSR count). The maximum absolute atomic E-state index is 7.59. The van der Waals surface area contributed by atoms with Gasteiger partial charge in [-0.1, -0.05) is 0 Å².